The van der Waals surface area contributed by atoms with Gasteiger partial charge in [0.15, 0.2) is 0 Å². The highest BCUT2D eigenvalue weighted by Crippen LogP contribution is 2.40. The third-order valence-electron chi connectivity index (χ3n) is 13.2. The molecule has 4 aliphatic rings. The van der Waals surface area contributed by atoms with Gasteiger partial charge in [-0.3, -0.25) is 38.7 Å². The first kappa shape index (κ1) is 62.8. The van der Waals surface area contributed by atoms with Crippen molar-refractivity contribution < 1.29 is 47.8 Å². The Morgan fingerprint density at radius 3 is 1.58 bits per heavy atom. The Morgan fingerprint density at radius 2 is 1.12 bits per heavy atom. The molecule has 6 heterocycles. The van der Waals surface area contributed by atoms with Crippen LogP contribution < -0.4 is 41.3 Å². The predicted octanol–water partition coefficient (Wildman–Crippen LogP) is 8.43. The second kappa shape index (κ2) is 28.3. The van der Waals surface area contributed by atoms with Crippen LogP contribution in [0.2, 0.25) is 0 Å². The van der Waals surface area contributed by atoms with Gasteiger partial charge < -0.3 is 50.8 Å². The van der Waals surface area contributed by atoms with Crippen LogP contribution in [0, 0.1) is 11.8 Å². The molecule has 2 unspecified atom stereocenters. The van der Waals surface area contributed by atoms with Crippen molar-refractivity contribution in [1.82, 2.24) is 31.2 Å². The fourth-order valence-electron chi connectivity index (χ4n) is 9.70. The van der Waals surface area contributed by atoms with Gasteiger partial charge in [-0.05, 0) is 127 Å². The lowest BCUT2D eigenvalue weighted by atomic mass is 9.94. The lowest BCUT2D eigenvalue weighted by molar-refractivity contribution is -0.129. The molecule has 436 valence electrons. The highest BCUT2D eigenvalue weighted by atomic mass is 79.9. The van der Waals surface area contributed by atoms with Crippen molar-refractivity contribution in [1.29, 1.82) is 0 Å². The molecule has 8 rings (SSSR count). The standard InChI is InChI=1S/C30H39N5O5.C24H34N4O5.C6H6BrN/c1-19(2)16-22(33-29(39)40-30(3,4)5)27(37)32-23-17-20-10-8-12-24(34-15-9-13-25(34)36)26(20)35(28(23)38)18-21-11-6-7-14-31-21;1-14(2)12-16(26-23(32)33-24(3,4)5)21(30)25-17-13-15-8-6-9-18(20(15)27-22(17)31)28-11-7-10-19(28)29;7-5-6-3-1-2-4-8-6/h6-8,10-12,14,19,22-23H,9,13,15-18H2,1-5H3,(H,32,37)(H,33,39);6,8-9,14,16-17H,7,10-13H2,1-5H3,(H,25,30)(H,26,32)(H,27,31);1-4H,5H2/t22-,23?;16-,17?;/m11./s1. The van der Waals surface area contributed by atoms with Crippen LogP contribution in [0.5, 0.6) is 0 Å². The van der Waals surface area contributed by atoms with E-state index in [1.54, 1.807) is 74.7 Å². The molecule has 2 saturated heterocycles. The number of para-hydroxylation sites is 2. The van der Waals surface area contributed by atoms with E-state index >= 15 is 0 Å². The normalized spacial score (nSPS) is 17.6. The van der Waals surface area contributed by atoms with Gasteiger partial charge in [-0.15, -0.1) is 0 Å². The fraction of sp³-hybridized carbons (Fsp3) is 0.500. The molecule has 21 heteroatoms. The number of aromatic nitrogens is 2. The van der Waals surface area contributed by atoms with Crippen LogP contribution in [0.4, 0.5) is 32.3 Å². The number of fused-ring (bicyclic) bond motifs is 2. The van der Waals surface area contributed by atoms with E-state index in [-0.39, 0.29) is 48.4 Å². The maximum Gasteiger partial charge on any atom is 0.408 e. The van der Waals surface area contributed by atoms with Crippen molar-refractivity contribution in [2.45, 2.75) is 168 Å². The summed E-state index contributed by atoms with van der Waals surface area (Å²) in [5.74, 6) is -1.24. The molecule has 81 heavy (non-hydrogen) atoms. The molecule has 2 aromatic carbocycles. The molecule has 2 fully saturated rings. The largest absolute Gasteiger partial charge is 0.444 e. The van der Waals surface area contributed by atoms with E-state index in [1.165, 1.54) is 0 Å². The first-order valence-corrected chi connectivity index (χ1v) is 28.8. The SMILES string of the molecule is BrCc1ccccn1.CC(C)C[C@@H](NC(=O)OC(C)(C)C)C(=O)NC1Cc2cccc(N3CCCC3=O)c2N(Cc2ccccn2)C1=O.CC(C)C[C@@H](NC(=O)OC(C)(C)C)C(=O)NC1Cc2cccc(N3CCCC3=O)c2NC1=O. The number of alkyl carbamates (subject to hydrolysis) is 2. The van der Waals surface area contributed by atoms with Crippen LogP contribution in [-0.4, -0.2) is 106 Å². The maximum atomic E-state index is 14.0. The molecular formula is C60H79BrN10O10. The average molecular weight is 1180 g/mol. The number of alkyl halides is 1. The molecule has 0 spiro atoms. The smallest absolute Gasteiger partial charge is 0.408 e. The highest BCUT2D eigenvalue weighted by molar-refractivity contribution is 9.08. The zero-order valence-corrected chi connectivity index (χ0v) is 49.8. The van der Waals surface area contributed by atoms with Crippen LogP contribution >= 0.6 is 15.9 Å². The van der Waals surface area contributed by atoms with Crippen molar-refractivity contribution in [3.05, 3.63) is 108 Å². The van der Waals surface area contributed by atoms with E-state index in [0.29, 0.717) is 73.6 Å². The number of amides is 8. The monoisotopic (exact) mass is 1180 g/mol. The third-order valence-corrected chi connectivity index (χ3v) is 13.7. The maximum absolute atomic E-state index is 14.0. The summed E-state index contributed by atoms with van der Waals surface area (Å²) in [7, 11) is 0. The van der Waals surface area contributed by atoms with Gasteiger partial charge >= 0.3 is 12.2 Å². The first-order valence-electron chi connectivity index (χ1n) is 27.7. The number of ether oxygens (including phenoxy) is 2. The lowest BCUT2D eigenvalue weighted by Crippen LogP contribution is -2.57. The molecule has 0 aliphatic carbocycles. The third kappa shape index (κ3) is 18.3. The van der Waals surface area contributed by atoms with Crippen molar-refractivity contribution in [3.63, 3.8) is 0 Å². The molecule has 4 aliphatic heterocycles. The van der Waals surface area contributed by atoms with Gasteiger partial charge in [0.1, 0.15) is 35.4 Å². The topological polar surface area (TPSA) is 251 Å². The van der Waals surface area contributed by atoms with Gasteiger partial charge in [0, 0.05) is 56.5 Å². The molecule has 8 amide bonds. The zero-order valence-electron chi connectivity index (χ0n) is 48.2. The number of nitrogens with one attached hydrogen (secondary N) is 5. The number of rotatable bonds is 15. The molecule has 20 nitrogen and oxygen atoms in total. The van der Waals surface area contributed by atoms with Gasteiger partial charge in [0.05, 0.1) is 40.7 Å². The summed E-state index contributed by atoms with van der Waals surface area (Å²) in [5, 5.41) is 14.7. The minimum Gasteiger partial charge on any atom is -0.444 e. The Balaban J connectivity index is 0.000000232. The summed E-state index contributed by atoms with van der Waals surface area (Å²) in [4.78, 5) is 116. The number of carbonyl (C=O) groups is 8. The van der Waals surface area contributed by atoms with Crippen molar-refractivity contribution in [2.24, 2.45) is 11.8 Å². The molecule has 0 saturated carbocycles. The number of hydrogen-bond acceptors (Lipinski definition) is 12. The fourth-order valence-corrected chi connectivity index (χ4v) is 10.0. The Morgan fingerprint density at radius 1 is 0.642 bits per heavy atom. The average Bonchev–Trinajstić information content (AvgIpc) is 4.14. The molecule has 4 aromatic rings. The van der Waals surface area contributed by atoms with Crippen molar-refractivity contribution >= 4 is 86.3 Å². The van der Waals surface area contributed by atoms with E-state index in [4.69, 9.17) is 9.47 Å². The number of nitrogens with zero attached hydrogens (tertiary/aromatic N) is 5. The summed E-state index contributed by atoms with van der Waals surface area (Å²) in [6, 6.07) is 19.2. The van der Waals surface area contributed by atoms with E-state index in [1.807, 2.05) is 94.4 Å². The summed E-state index contributed by atoms with van der Waals surface area (Å²) in [5.41, 5.74) is 4.72. The van der Waals surface area contributed by atoms with Gasteiger partial charge in [-0.1, -0.05) is 80.0 Å². The van der Waals surface area contributed by atoms with Crippen LogP contribution in [0.3, 0.4) is 0 Å². The van der Waals surface area contributed by atoms with E-state index in [9.17, 15) is 38.4 Å². The van der Waals surface area contributed by atoms with Crippen molar-refractivity contribution in [2.75, 3.05) is 33.1 Å². The highest BCUT2D eigenvalue weighted by Gasteiger charge is 2.40. The minimum atomic E-state index is -0.873. The van der Waals surface area contributed by atoms with E-state index in [2.05, 4.69) is 52.5 Å². The van der Waals surface area contributed by atoms with Crippen LogP contribution in [0.1, 0.15) is 130 Å². The quantitative estimate of drug-likeness (QED) is 0.0704. The van der Waals surface area contributed by atoms with E-state index in [0.717, 1.165) is 35.0 Å². The van der Waals surface area contributed by atoms with Crippen LogP contribution in [0.15, 0.2) is 85.2 Å². The number of halogens is 1. The number of benzene rings is 2. The molecule has 0 radical (unpaired) electrons. The number of anilines is 4. The first-order chi connectivity index (χ1) is 38.3. The predicted molar refractivity (Wildman–Crippen MR) is 313 cm³/mol. The Labute approximate surface area is 483 Å². The summed E-state index contributed by atoms with van der Waals surface area (Å²) in [6.45, 7) is 19.7. The summed E-state index contributed by atoms with van der Waals surface area (Å²) >= 11 is 3.29. The van der Waals surface area contributed by atoms with Crippen molar-refractivity contribution in [3.8, 4) is 0 Å². The van der Waals surface area contributed by atoms with Gasteiger partial charge in [0.25, 0.3) is 0 Å². The Kier molecular flexibility index (Phi) is 22.0. The molecule has 0 bridgehead atoms. The van der Waals surface area contributed by atoms with E-state index < -0.39 is 59.4 Å². The number of pyridine rings is 2. The molecule has 5 N–H and O–H groups in total. The zero-order chi connectivity index (χ0) is 59.2. The van der Waals surface area contributed by atoms with Crippen LogP contribution in [-0.2, 0) is 63.0 Å². The van der Waals surface area contributed by atoms with Crippen LogP contribution in [0.25, 0.3) is 0 Å². The lowest BCUT2D eigenvalue weighted by Gasteiger charge is -2.37. The Bertz CT molecular complexity index is 2880. The number of carbonyl (C=O) groups excluding carboxylic acids is 8. The molecule has 2 aromatic heterocycles. The second-order valence-electron chi connectivity index (χ2n) is 23.3. The minimum absolute atomic E-state index is 0.0267. The summed E-state index contributed by atoms with van der Waals surface area (Å²) < 4.78 is 10.7. The Hall–Kier alpha value is -7.42. The van der Waals surface area contributed by atoms with Gasteiger partial charge in [0.2, 0.25) is 35.4 Å². The number of hydrogen-bond donors (Lipinski definition) is 5. The molecular weight excluding hydrogens is 1100 g/mol. The van der Waals surface area contributed by atoms with Gasteiger partial charge in [-0.2, -0.15) is 0 Å². The molecule has 4 atom stereocenters. The second-order valence-corrected chi connectivity index (χ2v) is 23.8. The van der Waals surface area contributed by atoms with Gasteiger partial charge in [-0.25, -0.2) is 9.59 Å². The summed E-state index contributed by atoms with van der Waals surface area (Å²) in [6.07, 6.45) is 5.93.